The molecule has 3 aromatic rings. The molecular weight excluding hydrogens is 238 g/mol. The van der Waals surface area contributed by atoms with Crippen LogP contribution in [0.5, 0.6) is 0 Å². The number of hydrogen-bond acceptors (Lipinski definition) is 4. The largest absolute Gasteiger partial charge is 0.399 e. The minimum absolute atomic E-state index is 0.696. The van der Waals surface area contributed by atoms with Crippen molar-refractivity contribution in [3.63, 3.8) is 0 Å². The fourth-order valence-corrected chi connectivity index (χ4v) is 2.16. The quantitative estimate of drug-likeness (QED) is 0.676. The van der Waals surface area contributed by atoms with Crippen LogP contribution in [0.3, 0.4) is 0 Å². The second-order valence-electron chi connectivity index (χ2n) is 4.68. The highest BCUT2D eigenvalue weighted by Crippen LogP contribution is 2.23. The van der Waals surface area contributed by atoms with E-state index in [9.17, 15) is 0 Å². The second kappa shape index (κ2) is 4.05. The van der Waals surface area contributed by atoms with Crippen LogP contribution in [-0.4, -0.2) is 19.7 Å². The topological polar surface area (TPSA) is 69.6 Å². The Morgan fingerprint density at radius 3 is 2.58 bits per heavy atom. The third-order valence-corrected chi connectivity index (χ3v) is 3.49. The number of aryl methyl sites for hydroxylation is 1. The molecule has 5 nitrogen and oxygen atoms in total. The van der Waals surface area contributed by atoms with Crippen molar-refractivity contribution in [1.29, 1.82) is 0 Å². The van der Waals surface area contributed by atoms with Gasteiger partial charge in [-0.25, -0.2) is 14.6 Å². The molecule has 0 radical (unpaired) electrons. The Labute approximate surface area is 111 Å². The number of nitrogens with zero attached hydrogens (tertiary/aromatic N) is 4. The van der Waals surface area contributed by atoms with Gasteiger partial charge in [0.1, 0.15) is 6.33 Å². The van der Waals surface area contributed by atoms with E-state index in [0.29, 0.717) is 5.69 Å². The van der Waals surface area contributed by atoms with E-state index in [-0.39, 0.29) is 0 Å². The SMILES string of the molecule is Cc1nn(-c2ncnc3cc(N)ccc23)c(C)c1C. The van der Waals surface area contributed by atoms with Crippen molar-refractivity contribution in [3.05, 3.63) is 41.5 Å². The van der Waals surface area contributed by atoms with Gasteiger partial charge in [-0.3, -0.25) is 0 Å². The minimum Gasteiger partial charge on any atom is -0.399 e. The molecule has 2 heterocycles. The molecule has 0 aliphatic rings. The van der Waals surface area contributed by atoms with Crippen LogP contribution in [0.2, 0.25) is 0 Å². The van der Waals surface area contributed by atoms with Crippen LogP contribution in [0.4, 0.5) is 5.69 Å². The summed E-state index contributed by atoms with van der Waals surface area (Å²) in [7, 11) is 0. The molecule has 0 amide bonds. The molecule has 5 heteroatoms. The smallest absolute Gasteiger partial charge is 0.164 e. The molecule has 2 aromatic heterocycles. The first-order valence-corrected chi connectivity index (χ1v) is 6.11. The van der Waals surface area contributed by atoms with Crippen molar-refractivity contribution < 1.29 is 0 Å². The molecule has 0 bridgehead atoms. The zero-order valence-corrected chi connectivity index (χ0v) is 11.2. The van der Waals surface area contributed by atoms with Crippen molar-refractivity contribution in [2.75, 3.05) is 5.73 Å². The highest BCUT2D eigenvalue weighted by molar-refractivity contribution is 5.87. The van der Waals surface area contributed by atoms with Gasteiger partial charge in [0.05, 0.1) is 11.2 Å². The summed E-state index contributed by atoms with van der Waals surface area (Å²) in [6.45, 7) is 6.11. The number of anilines is 1. The van der Waals surface area contributed by atoms with Crippen molar-refractivity contribution >= 4 is 16.6 Å². The zero-order chi connectivity index (χ0) is 13.6. The number of rotatable bonds is 1. The molecule has 0 saturated carbocycles. The van der Waals surface area contributed by atoms with Crippen LogP contribution < -0.4 is 5.73 Å². The maximum Gasteiger partial charge on any atom is 0.164 e. The van der Waals surface area contributed by atoms with E-state index in [4.69, 9.17) is 5.73 Å². The summed E-state index contributed by atoms with van der Waals surface area (Å²) in [5, 5.41) is 5.49. The predicted molar refractivity (Wildman–Crippen MR) is 75.3 cm³/mol. The number of benzene rings is 1. The Bertz CT molecular complexity index is 773. The highest BCUT2D eigenvalue weighted by Gasteiger charge is 2.13. The summed E-state index contributed by atoms with van der Waals surface area (Å²) >= 11 is 0. The molecule has 0 aliphatic carbocycles. The summed E-state index contributed by atoms with van der Waals surface area (Å²) in [6.07, 6.45) is 1.54. The van der Waals surface area contributed by atoms with Crippen LogP contribution in [0, 0.1) is 20.8 Å². The molecule has 0 fully saturated rings. The highest BCUT2D eigenvalue weighted by atomic mass is 15.3. The third kappa shape index (κ3) is 1.74. The van der Waals surface area contributed by atoms with Gasteiger partial charge >= 0.3 is 0 Å². The zero-order valence-electron chi connectivity index (χ0n) is 11.2. The molecule has 0 unspecified atom stereocenters. The molecule has 0 atom stereocenters. The fraction of sp³-hybridized carbons (Fsp3) is 0.214. The lowest BCUT2D eigenvalue weighted by Gasteiger charge is -2.07. The van der Waals surface area contributed by atoms with Gasteiger partial charge in [0, 0.05) is 16.8 Å². The predicted octanol–water partition coefficient (Wildman–Crippen LogP) is 2.32. The summed E-state index contributed by atoms with van der Waals surface area (Å²) < 4.78 is 1.87. The lowest BCUT2D eigenvalue weighted by Crippen LogP contribution is -2.04. The molecule has 0 saturated heterocycles. The first-order valence-electron chi connectivity index (χ1n) is 6.11. The van der Waals surface area contributed by atoms with E-state index in [2.05, 4.69) is 22.0 Å². The van der Waals surface area contributed by atoms with Gasteiger partial charge in [-0.15, -0.1) is 0 Å². The standard InChI is InChI=1S/C14H15N5/c1-8-9(2)18-19(10(8)3)14-12-5-4-11(15)6-13(12)16-7-17-14/h4-7H,15H2,1-3H3. The van der Waals surface area contributed by atoms with E-state index in [1.54, 1.807) is 6.33 Å². The Morgan fingerprint density at radius 2 is 1.89 bits per heavy atom. The molecule has 19 heavy (non-hydrogen) atoms. The number of fused-ring (bicyclic) bond motifs is 1. The van der Waals surface area contributed by atoms with E-state index >= 15 is 0 Å². The van der Waals surface area contributed by atoms with Crippen molar-refractivity contribution in [2.24, 2.45) is 0 Å². The Kier molecular flexibility index (Phi) is 2.48. The molecular formula is C14H15N5. The second-order valence-corrected chi connectivity index (χ2v) is 4.68. The Morgan fingerprint density at radius 1 is 1.11 bits per heavy atom. The average Bonchev–Trinajstić information content (AvgIpc) is 2.65. The fourth-order valence-electron chi connectivity index (χ4n) is 2.16. The summed E-state index contributed by atoms with van der Waals surface area (Å²) in [6, 6.07) is 5.64. The van der Waals surface area contributed by atoms with Gasteiger partial charge in [0.2, 0.25) is 0 Å². The number of nitrogens with two attached hydrogens (primary N) is 1. The molecule has 96 valence electrons. The van der Waals surface area contributed by atoms with Gasteiger partial charge in [-0.05, 0) is 44.5 Å². The van der Waals surface area contributed by atoms with Crippen LogP contribution in [0.15, 0.2) is 24.5 Å². The lowest BCUT2D eigenvalue weighted by atomic mass is 10.2. The van der Waals surface area contributed by atoms with E-state index < -0.39 is 0 Å². The van der Waals surface area contributed by atoms with Gasteiger partial charge in [-0.2, -0.15) is 5.10 Å². The van der Waals surface area contributed by atoms with E-state index in [0.717, 1.165) is 28.1 Å². The third-order valence-electron chi connectivity index (χ3n) is 3.49. The maximum absolute atomic E-state index is 5.79. The number of aromatic nitrogens is 4. The Balaban J connectivity index is 2.33. The molecule has 2 N–H and O–H groups in total. The summed E-state index contributed by atoms with van der Waals surface area (Å²) in [5.41, 5.74) is 10.6. The van der Waals surface area contributed by atoms with Crippen LogP contribution >= 0.6 is 0 Å². The number of hydrogen-bond donors (Lipinski definition) is 1. The van der Waals surface area contributed by atoms with Crippen LogP contribution in [0.25, 0.3) is 16.7 Å². The van der Waals surface area contributed by atoms with Gasteiger partial charge in [0.25, 0.3) is 0 Å². The van der Waals surface area contributed by atoms with Crippen LogP contribution in [-0.2, 0) is 0 Å². The van der Waals surface area contributed by atoms with Crippen molar-refractivity contribution in [1.82, 2.24) is 19.7 Å². The normalized spacial score (nSPS) is 11.1. The lowest BCUT2D eigenvalue weighted by molar-refractivity contribution is 0.809. The summed E-state index contributed by atoms with van der Waals surface area (Å²) in [5.74, 6) is 0.790. The van der Waals surface area contributed by atoms with Gasteiger partial charge in [-0.1, -0.05) is 0 Å². The molecule has 1 aromatic carbocycles. The van der Waals surface area contributed by atoms with E-state index in [1.807, 2.05) is 36.7 Å². The monoisotopic (exact) mass is 253 g/mol. The summed E-state index contributed by atoms with van der Waals surface area (Å²) in [4.78, 5) is 8.63. The number of nitrogen functional groups attached to an aromatic ring is 1. The molecule has 0 spiro atoms. The van der Waals surface area contributed by atoms with Gasteiger partial charge in [0.15, 0.2) is 5.82 Å². The Hall–Kier alpha value is -2.43. The van der Waals surface area contributed by atoms with Crippen molar-refractivity contribution in [3.8, 4) is 5.82 Å². The molecule has 3 rings (SSSR count). The first kappa shape index (κ1) is 11.6. The average molecular weight is 253 g/mol. The maximum atomic E-state index is 5.79. The minimum atomic E-state index is 0.696. The molecule has 0 aliphatic heterocycles. The first-order chi connectivity index (χ1) is 9.08. The van der Waals surface area contributed by atoms with Crippen LogP contribution in [0.1, 0.15) is 17.0 Å². The van der Waals surface area contributed by atoms with E-state index in [1.165, 1.54) is 5.56 Å². The van der Waals surface area contributed by atoms with Gasteiger partial charge < -0.3 is 5.73 Å². The van der Waals surface area contributed by atoms with Crippen molar-refractivity contribution in [2.45, 2.75) is 20.8 Å².